The lowest BCUT2D eigenvalue weighted by Gasteiger charge is -2.09. The number of urea groups is 1. The predicted molar refractivity (Wildman–Crippen MR) is 84.5 cm³/mol. The minimum atomic E-state index is -0.583. The largest absolute Gasteiger partial charge is 0.366 e. The van der Waals surface area contributed by atoms with E-state index in [1.807, 2.05) is 0 Å². The molecule has 8 heteroatoms. The van der Waals surface area contributed by atoms with E-state index in [2.05, 4.69) is 31.5 Å². The Kier molecular flexibility index (Phi) is 4.77. The Labute approximate surface area is 133 Å². The van der Waals surface area contributed by atoms with E-state index in [-0.39, 0.29) is 10.7 Å². The molecule has 0 aliphatic rings. The van der Waals surface area contributed by atoms with Gasteiger partial charge in [-0.25, -0.2) is 9.78 Å². The Morgan fingerprint density at radius 1 is 1.14 bits per heavy atom. The van der Waals surface area contributed by atoms with Crippen LogP contribution in [0.15, 0.2) is 41.0 Å². The normalized spacial score (nSPS) is 10.0. The smallest absolute Gasteiger partial charge is 0.323 e. The summed E-state index contributed by atoms with van der Waals surface area (Å²) in [6.45, 7) is 0. The second-order valence-corrected chi connectivity index (χ2v) is 5.34. The number of benzene rings is 1. The van der Waals surface area contributed by atoms with E-state index in [4.69, 9.17) is 17.3 Å². The molecule has 4 N–H and O–H groups in total. The number of carbonyl (C=O) groups is 2. The van der Waals surface area contributed by atoms with Crippen LogP contribution in [0.2, 0.25) is 5.15 Å². The summed E-state index contributed by atoms with van der Waals surface area (Å²) in [5.74, 6) is -0.583. The zero-order chi connectivity index (χ0) is 15.4. The van der Waals surface area contributed by atoms with E-state index < -0.39 is 11.9 Å². The lowest BCUT2D eigenvalue weighted by molar-refractivity contribution is 0.1000. The van der Waals surface area contributed by atoms with Crippen LogP contribution >= 0.6 is 27.5 Å². The van der Waals surface area contributed by atoms with Crippen molar-refractivity contribution in [2.75, 3.05) is 10.6 Å². The number of primary amides is 1. The van der Waals surface area contributed by atoms with Crippen LogP contribution in [-0.2, 0) is 0 Å². The van der Waals surface area contributed by atoms with Gasteiger partial charge in [0.25, 0.3) is 0 Å². The average Bonchev–Trinajstić information content (AvgIpc) is 2.37. The highest BCUT2D eigenvalue weighted by Crippen LogP contribution is 2.20. The lowest BCUT2D eigenvalue weighted by Crippen LogP contribution is -2.20. The van der Waals surface area contributed by atoms with Gasteiger partial charge >= 0.3 is 6.03 Å². The third-order valence-electron chi connectivity index (χ3n) is 2.42. The maximum atomic E-state index is 11.9. The molecule has 0 bridgehead atoms. The molecule has 0 atom stereocenters. The minimum Gasteiger partial charge on any atom is -0.366 e. The van der Waals surface area contributed by atoms with Crippen molar-refractivity contribution in [3.8, 4) is 0 Å². The van der Waals surface area contributed by atoms with Crippen LogP contribution in [0.4, 0.5) is 16.2 Å². The number of nitrogens with zero attached hydrogens (tertiary/aromatic N) is 1. The third kappa shape index (κ3) is 4.44. The SMILES string of the molecule is NC(=O)c1cc(Br)cc(NC(=O)Nc2ccnc(Cl)c2)c1. The van der Waals surface area contributed by atoms with Crippen LogP contribution in [0.5, 0.6) is 0 Å². The number of anilines is 2. The zero-order valence-electron chi connectivity index (χ0n) is 10.6. The third-order valence-corrected chi connectivity index (χ3v) is 3.09. The van der Waals surface area contributed by atoms with Gasteiger partial charge in [0.1, 0.15) is 5.15 Å². The molecule has 0 radical (unpaired) electrons. The highest BCUT2D eigenvalue weighted by Gasteiger charge is 2.08. The van der Waals surface area contributed by atoms with E-state index >= 15 is 0 Å². The highest BCUT2D eigenvalue weighted by atomic mass is 79.9. The molecule has 1 aromatic carbocycles. The molecule has 0 spiro atoms. The Balaban J connectivity index is 2.11. The van der Waals surface area contributed by atoms with Crippen molar-refractivity contribution in [2.45, 2.75) is 0 Å². The van der Waals surface area contributed by atoms with E-state index in [1.54, 1.807) is 18.2 Å². The molecule has 0 aliphatic heterocycles. The van der Waals surface area contributed by atoms with Crippen LogP contribution in [0.25, 0.3) is 0 Å². The second-order valence-electron chi connectivity index (χ2n) is 4.04. The Morgan fingerprint density at radius 3 is 2.52 bits per heavy atom. The number of halogens is 2. The summed E-state index contributed by atoms with van der Waals surface area (Å²) in [5, 5.41) is 5.46. The number of rotatable bonds is 3. The summed E-state index contributed by atoms with van der Waals surface area (Å²) in [4.78, 5) is 26.8. The first-order chi connectivity index (χ1) is 9.94. The number of nitrogens with two attached hydrogens (primary N) is 1. The van der Waals surface area contributed by atoms with Gasteiger partial charge in [0.05, 0.1) is 0 Å². The maximum Gasteiger partial charge on any atom is 0.323 e. The molecular weight excluding hydrogens is 360 g/mol. The van der Waals surface area contributed by atoms with Crippen molar-refractivity contribution in [3.63, 3.8) is 0 Å². The fraction of sp³-hybridized carbons (Fsp3) is 0. The van der Waals surface area contributed by atoms with E-state index in [0.29, 0.717) is 15.8 Å². The monoisotopic (exact) mass is 368 g/mol. The Morgan fingerprint density at radius 2 is 1.86 bits per heavy atom. The number of amides is 3. The lowest BCUT2D eigenvalue weighted by atomic mass is 10.2. The van der Waals surface area contributed by atoms with E-state index in [0.717, 1.165) is 0 Å². The van der Waals surface area contributed by atoms with Gasteiger partial charge in [-0.1, -0.05) is 27.5 Å². The molecule has 0 fully saturated rings. The molecule has 0 unspecified atom stereocenters. The maximum absolute atomic E-state index is 11.9. The topological polar surface area (TPSA) is 97.1 Å². The summed E-state index contributed by atoms with van der Waals surface area (Å²) in [7, 11) is 0. The molecule has 1 aromatic heterocycles. The molecule has 21 heavy (non-hydrogen) atoms. The summed E-state index contributed by atoms with van der Waals surface area (Å²) >= 11 is 8.97. The molecule has 3 amide bonds. The number of hydrogen-bond donors (Lipinski definition) is 3. The molecule has 6 nitrogen and oxygen atoms in total. The van der Waals surface area contributed by atoms with Gasteiger partial charge in [0, 0.05) is 27.6 Å². The quantitative estimate of drug-likeness (QED) is 0.724. The second kappa shape index (κ2) is 6.55. The minimum absolute atomic E-state index is 0.270. The van der Waals surface area contributed by atoms with E-state index in [9.17, 15) is 9.59 Å². The first-order valence-electron chi connectivity index (χ1n) is 5.74. The van der Waals surface area contributed by atoms with Crippen molar-refractivity contribution in [3.05, 3.63) is 51.7 Å². The molecule has 2 rings (SSSR count). The van der Waals surface area contributed by atoms with Crippen LogP contribution in [0.3, 0.4) is 0 Å². The zero-order valence-corrected chi connectivity index (χ0v) is 12.9. The van der Waals surface area contributed by atoms with Gasteiger partial charge in [0.2, 0.25) is 5.91 Å². The molecule has 108 valence electrons. The van der Waals surface area contributed by atoms with Crippen LogP contribution in [0, 0.1) is 0 Å². The predicted octanol–water partition coefficient (Wildman–Crippen LogP) is 3.24. The molecule has 1 heterocycles. The Hall–Kier alpha value is -2.12. The molecular formula is C13H10BrClN4O2. The fourth-order valence-electron chi connectivity index (χ4n) is 1.58. The number of carbonyl (C=O) groups excluding carboxylic acids is 2. The number of nitrogens with one attached hydrogen (secondary N) is 2. The standard InChI is InChI=1S/C13H10BrClN4O2/c14-8-3-7(12(16)20)4-10(5-8)19-13(21)18-9-1-2-17-11(15)6-9/h1-6H,(H2,16,20)(H2,17,18,19,21). The highest BCUT2D eigenvalue weighted by molar-refractivity contribution is 9.10. The van der Waals surface area contributed by atoms with E-state index in [1.165, 1.54) is 18.3 Å². The number of hydrogen-bond acceptors (Lipinski definition) is 3. The van der Waals surface area contributed by atoms with Crippen molar-refractivity contribution >= 4 is 50.8 Å². The van der Waals surface area contributed by atoms with Gasteiger partial charge in [-0.15, -0.1) is 0 Å². The molecule has 2 aromatic rings. The molecule has 0 aliphatic carbocycles. The number of pyridine rings is 1. The van der Waals surface area contributed by atoms with Crippen molar-refractivity contribution in [2.24, 2.45) is 5.73 Å². The van der Waals surface area contributed by atoms with Gasteiger partial charge in [0.15, 0.2) is 0 Å². The molecule has 0 saturated carbocycles. The summed E-state index contributed by atoms with van der Waals surface area (Å²) < 4.78 is 0.626. The van der Waals surface area contributed by atoms with Crippen LogP contribution < -0.4 is 16.4 Å². The first-order valence-corrected chi connectivity index (χ1v) is 6.91. The van der Waals surface area contributed by atoms with Gasteiger partial charge in [-0.2, -0.15) is 0 Å². The molecule has 0 saturated heterocycles. The average molecular weight is 370 g/mol. The van der Waals surface area contributed by atoms with Crippen molar-refractivity contribution in [1.29, 1.82) is 0 Å². The Bertz CT molecular complexity index is 708. The summed E-state index contributed by atoms with van der Waals surface area (Å²) in [6.07, 6.45) is 1.47. The van der Waals surface area contributed by atoms with Crippen LogP contribution in [-0.4, -0.2) is 16.9 Å². The summed E-state index contributed by atoms with van der Waals surface area (Å²) in [6, 6.07) is 7.31. The van der Waals surface area contributed by atoms with Gasteiger partial charge in [-0.3, -0.25) is 4.79 Å². The van der Waals surface area contributed by atoms with Crippen molar-refractivity contribution < 1.29 is 9.59 Å². The van der Waals surface area contributed by atoms with Crippen LogP contribution in [0.1, 0.15) is 10.4 Å². The number of aromatic nitrogens is 1. The van der Waals surface area contributed by atoms with Gasteiger partial charge < -0.3 is 16.4 Å². The van der Waals surface area contributed by atoms with Gasteiger partial charge in [-0.05, 0) is 30.3 Å². The van der Waals surface area contributed by atoms with Crippen molar-refractivity contribution in [1.82, 2.24) is 4.98 Å². The fourth-order valence-corrected chi connectivity index (χ4v) is 2.24. The first kappa shape index (κ1) is 15.3. The summed E-state index contributed by atoms with van der Waals surface area (Å²) in [5.41, 5.74) is 6.42.